The van der Waals surface area contributed by atoms with Gasteiger partial charge in [-0.15, -0.1) is 0 Å². The molecule has 0 saturated carbocycles. The largest absolute Gasteiger partial charge is 0.348 e. The van der Waals surface area contributed by atoms with Crippen LogP contribution < -0.4 is 10.6 Å². The standard InChI is InChI=1S/C10H17N3O2S/c1-16-8-4-2-3-6-12-9(14)10(15)13-7-5-11/h2-4,6-8H2,1H3,(H,12,14)(H,13,15). The fourth-order valence-corrected chi connectivity index (χ4v) is 1.52. The van der Waals surface area contributed by atoms with Crippen LogP contribution in [0.15, 0.2) is 0 Å². The molecule has 0 saturated heterocycles. The van der Waals surface area contributed by atoms with Crippen LogP contribution in [-0.2, 0) is 9.59 Å². The van der Waals surface area contributed by atoms with Gasteiger partial charge >= 0.3 is 11.8 Å². The van der Waals surface area contributed by atoms with E-state index in [4.69, 9.17) is 5.26 Å². The molecule has 0 aromatic heterocycles. The van der Waals surface area contributed by atoms with Crippen LogP contribution in [0.3, 0.4) is 0 Å². The van der Waals surface area contributed by atoms with Gasteiger partial charge in [-0.3, -0.25) is 9.59 Å². The third-order valence-corrected chi connectivity index (χ3v) is 2.54. The normalized spacial score (nSPS) is 9.25. The number of nitriles is 1. The SMILES string of the molecule is CSCCCCCNC(=O)C(=O)NCC#N. The van der Waals surface area contributed by atoms with Gasteiger partial charge in [0.05, 0.1) is 6.07 Å². The molecule has 2 amide bonds. The van der Waals surface area contributed by atoms with Gasteiger partial charge in [0, 0.05) is 6.54 Å². The van der Waals surface area contributed by atoms with Gasteiger partial charge in [-0.25, -0.2) is 0 Å². The minimum atomic E-state index is -0.745. The van der Waals surface area contributed by atoms with E-state index in [-0.39, 0.29) is 6.54 Å². The molecule has 6 heteroatoms. The minimum Gasteiger partial charge on any atom is -0.348 e. The van der Waals surface area contributed by atoms with Crippen LogP contribution in [0.1, 0.15) is 19.3 Å². The van der Waals surface area contributed by atoms with Gasteiger partial charge in [-0.05, 0) is 24.9 Å². The third kappa shape index (κ3) is 8.12. The molecule has 0 rings (SSSR count). The van der Waals surface area contributed by atoms with E-state index in [1.807, 2.05) is 0 Å². The molecule has 0 unspecified atom stereocenters. The van der Waals surface area contributed by atoms with Crippen LogP contribution in [-0.4, -0.2) is 36.9 Å². The van der Waals surface area contributed by atoms with Gasteiger partial charge in [-0.1, -0.05) is 6.42 Å². The first kappa shape index (κ1) is 14.8. The summed E-state index contributed by atoms with van der Waals surface area (Å²) in [5, 5.41) is 12.9. The Labute approximate surface area is 100.0 Å². The van der Waals surface area contributed by atoms with Crippen molar-refractivity contribution in [3.63, 3.8) is 0 Å². The number of amides is 2. The fourth-order valence-electron chi connectivity index (χ4n) is 1.03. The summed E-state index contributed by atoms with van der Waals surface area (Å²) in [5.41, 5.74) is 0. The molecule has 0 aliphatic heterocycles. The van der Waals surface area contributed by atoms with E-state index in [1.165, 1.54) is 0 Å². The Morgan fingerprint density at radius 3 is 2.50 bits per heavy atom. The van der Waals surface area contributed by atoms with Gasteiger partial charge in [0.15, 0.2) is 0 Å². The third-order valence-electron chi connectivity index (χ3n) is 1.85. The van der Waals surface area contributed by atoms with Gasteiger partial charge in [0.2, 0.25) is 0 Å². The lowest BCUT2D eigenvalue weighted by atomic mass is 10.2. The van der Waals surface area contributed by atoms with Crippen molar-refractivity contribution in [1.82, 2.24) is 10.6 Å². The molecule has 0 fully saturated rings. The van der Waals surface area contributed by atoms with Crippen molar-refractivity contribution in [1.29, 1.82) is 5.26 Å². The molecular weight excluding hydrogens is 226 g/mol. The first-order valence-electron chi connectivity index (χ1n) is 5.14. The second-order valence-electron chi connectivity index (χ2n) is 3.15. The number of carbonyl (C=O) groups excluding carboxylic acids is 2. The van der Waals surface area contributed by atoms with Crippen LogP contribution in [0.4, 0.5) is 0 Å². The van der Waals surface area contributed by atoms with E-state index in [2.05, 4.69) is 16.9 Å². The van der Waals surface area contributed by atoms with Crippen LogP contribution in [0.25, 0.3) is 0 Å². The molecule has 2 N–H and O–H groups in total. The van der Waals surface area contributed by atoms with E-state index >= 15 is 0 Å². The molecule has 5 nitrogen and oxygen atoms in total. The summed E-state index contributed by atoms with van der Waals surface area (Å²) in [6, 6.07) is 1.73. The summed E-state index contributed by atoms with van der Waals surface area (Å²) in [5.74, 6) is -0.290. The highest BCUT2D eigenvalue weighted by Gasteiger charge is 2.10. The van der Waals surface area contributed by atoms with Crippen molar-refractivity contribution in [2.24, 2.45) is 0 Å². The molecule has 90 valence electrons. The summed E-state index contributed by atoms with van der Waals surface area (Å²) in [6.07, 6.45) is 5.09. The van der Waals surface area contributed by atoms with E-state index < -0.39 is 11.8 Å². The maximum atomic E-state index is 11.1. The molecule has 0 bridgehead atoms. The number of unbranched alkanes of at least 4 members (excludes halogenated alkanes) is 2. The van der Waals surface area contributed by atoms with E-state index in [0.717, 1.165) is 25.0 Å². The summed E-state index contributed by atoms with van der Waals surface area (Å²) in [7, 11) is 0. The lowest BCUT2D eigenvalue weighted by Crippen LogP contribution is -2.40. The molecular formula is C10H17N3O2S. The Hall–Kier alpha value is -1.22. The van der Waals surface area contributed by atoms with E-state index in [0.29, 0.717) is 6.54 Å². The molecule has 0 radical (unpaired) electrons. The Balaban J connectivity index is 3.43. The van der Waals surface area contributed by atoms with Crippen molar-refractivity contribution >= 4 is 23.6 Å². The predicted molar refractivity (Wildman–Crippen MR) is 63.9 cm³/mol. The lowest BCUT2D eigenvalue weighted by molar-refractivity contribution is -0.139. The van der Waals surface area contributed by atoms with Crippen LogP contribution in [0, 0.1) is 11.3 Å². The number of nitrogens with zero attached hydrogens (tertiary/aromatic N) is 1. The summed E-state index contributed by atoms with van der Waals surface area (Å²) >= 11 is 1.80. The molecule has 0 atom stereocenters. The average molecular weight is 243 g/mol. The van der Waals surface area contributed by atoms with Gasteiger partial charge < -0.3 is 10.6 Å². The van der Waals surface area contributed by atoms with Crippen molar-refractivity contribution in [2.45, 2.75) is 19.3 Å². The number of rotatable bonds is 7. The number of hydrogen-bond donors (Lipinski definition) is 2. The zero-order chi connectivity index (χ0) is 12.2. The molecule has 16 heavy (non-hydrogen) atoms. The number of hydrogen-bond acceptors (Lipinski definition) is 4. The number of thioether (sulfide) groups is 1. The second-order valence-corrected chi connectivity index (χ2v) is 4.14. The van der Waals surface area contributed by atoms with Gasteiger partial charge in [0.25, 0.3) is 0 Å². The van der Waals surface area contributed by atoms with Gasteiger partial charge in [0.1, 0.15) is 6.54 Å². The van der Waals surface area contributed by atoms with Crippen molar-refractivity contribution in [3.8, 4) is 6.07 Å². The maximum Gasteiger partial charge on any atom is 0.310 e. The summed E-state index contributed by atoms with van der Waals surface area (Å²) in [6.45, 7) is 0.368. The Kier molecular flexibility index (Phi) is 9.52. The first-order valence-corrected chi connectivity index (χ1v) is 6.53. The van der Waals surface area contributed by atoms with E-state index in [9.17, 15) is 9.59 Å². The Morgan fingerprint density at radius 2 is 1.88 bits per heavy atom. The van der Waals surface area contributed by atoms with Gasteiger partial charge in [-0.2, -0.15) is 17.0 Å². The average Bonchev–Trinajstić information content (AvgIpc) is 2.30. The van der Waals surface area contributed by atoms with E-state index in [1.54, 1.807) is 17.8 Å². The molecule has 0 aromatic rings. The second kappa shape index (κ2) is 10.3. The molecule has 0 spiro atoms. The van der Waals surface area contributed by atoms with Crippen molar-refractivity contribution in [3.05, 3.63) is 0 Å². The maximum absolute atomic E-state index is 11.1. The van der Waals surface area contributed by atoms with Crippen LogP contribution in [0.2, 0.25) is 0 Å². The van der Waals surface area contributed by atoms with Crippen molar-refractivity contribution in [2.75, 3.05) is 25.1 Å². The van der Waals surface area contributed by atoms with Crippen molar-refractivity contribution < 1.29 is 9.59 Å². The highest BCUT2D eigenvalue weighted by molar-refractivity contribution is 7.98. The lowest BCUT2D eigenvalue weighted by Gasteiger charge is -2.04. The Morgan fingerprint density at radius 1 is 1.19 bits per heavy atom. The molecule has 0 aliphatic rings. The first-order chi connectivity index (χ1) is 7.72. The minimum absolute atomic E-state index is 0.139. The number of carbonyl (C=O) groups is 2. The molecule has 0 aliphatic carbocycles. The predicted octanol–water partition coefficient (Wildman–Crippen LogP) is 0.276. The summed E-state index contributed by atoms with van der Waals surface area (Å²) < 4.78 is 0. The molecule has 0 heterocycles. The molecule has 0 aromatic carbocycles. The topological polar surface area (TPSA) is 82.0 Å². The highest BCUT2D eigenvalue weighted by atomic mass is 32.2. The fraction of sp³-hybridized carbons (Fsp3) is 0.700. The number of nitrogens with one attached hydrogen (secondary N) is 2. The zero-order valence-corrected chi connectivity index (χ0v) is 10.2. The Bertz CT molecular complexity index is 263. The van der Waals surface area contributed by atoms with Crippen LogP contribution >= 0.6 is 11.8 Å². The monoisotopic (exact) mass is 243 g/mol. The van der Waals surface area contributed by atoms with Crippen LogP contribution in [0.5, 0.6) is 0 Å². The quantitative estimate of drug-likeness (QED) is 0.382. The highest BCUT2D eigenvalue weighted by Crippen LogP contribution is 2.00. The zero-order valence-electron chi connectivity index (χ0n) is 9.41. The smallest absolute Gasteiger partial charge is 0.310 e. The summed E-state index contributed by atoms with van der Waals surface area (Å²) in [4.78, 5) is 22.1.